The Morgan fingerprint density at radius 1 is 1.13 bits per heavy atom. The van der Waals surface area contributed by atoms with Crippen molar-refractivity contribution in [1.82, 2.24) is 4.72 Å². The normalized spacial score (nSPS) is 13.4. The van der Waals surface area contributed by atoms with Gasteiger partial charge < -0.3 is 0 Å². The molecule has 0 saturated carbocycles. The van der Waals surface area contributed by atoms with Gasteiger partial charge in [-0.1, -0.05) is 53.5 Å². The van der Waals surface area contributed by atoms with Crippen LogP contribution in [0.1, 0.15) is 24.1 Å². The molecule has 7 heteroatoms. The Kier molecular flexibility index (Phi) is 5.81. The van der Waals surface area contributed by atoms with Gasteiger partial charge in [0.05, 0.1) is 5.02 Å². The van der Waals surface area contributed by atoms with Gasteiger partial charge >= 0.3 is 0 Å². The van der Waals surface area contributed by atoms with E-state index in [9.17, 15) is 12.8 Å². The van der Waals surface area contributed by atoms with E-state index >= 15 is 0 Å². The third-order valence-corrected chi connectivity index (χ3v) is 4.88. The summed E-state index contributed by atoms with van der Waals surface area (Å²) in [6.45, 7) is 1.57. The zero-order valence-electron chi connectivity index (χ0n) is 12.1. The minimum Gasteiger partial charge on any atom is -0.208 e. The molecule has 2 aromatic carbocycles. The molecule has 2 aromatic rings. The third kappa shape index (κ3) is 5.04. The van der Waals surface area contributed by atoms with Gasteiger partial charge in [0, 0.05) is 16.5 Å². The summed E-state index contributed by atoms with van der Waals surface area (Å²) in [6, 6.07) is 10.7. The maximum Gasteiger partial charge on any atom is 0.234 e. The largest absolute Gasteiger partial charge is 0.234 e. The first-order valence-corrected chi connectivity index (χ1v) is 8.98. The van der Waals surface area contributed by atoms with Crippen LogP contribution in [0.4, 0.5) is 4.39 Å². The maximum absolute atomic E-state index is 13.5. The Labute approximate surface area is 144 Å². The van der Waals surface area contributed by atoms with Crippen LogP contribution in [0.15, 0.2) is 47.9 Å². The van der Waals surface area contributed by atoms with Crippen molar-refractivity contribution in [1.29, 1.82) is 0 Å². The monoisotopic (exact) mass is 373 g/mol. The second-order valence-corrected chi connectivity index (χ2v) is 7.30. The van der Waals surface area contributed by atoms with Crippen LogP contribution in [0.5, 0.6) is 0 Å². The molecular weight excluding hydrogens is 360 g/mol. The summed E-state index contributed by atoms with van der Waals surface area (Å²) in [5, 5.41) is 1.13. The van der Waals surface area contributed by atoms with E-state index in [0.717, 1.165) is 17.0 Å². The second kappa shape index (κ2) is 7.45. The number of halogens is 3. The van der Waals surface area contributed by atoms with E-state index in [4.69, 9.17) is 23.2 Å². The third-order valence-electron chi connectivity index (χ3n) is 3.09. The Hall–Kier alpha value is -1.40. The molecule has 2 rings (SSSR count). The van der Waals surface area contributed by atoms with Crippen LogP contribution in [0, 0.1) is 5.82 Å². The lowest BCUT2D eigenvalue weighted by Gasteiger charge is -2.15. The lowest BCUT2D eigenvalue weighted by Crippen LogP contribution is -2.25. The predicted molar refractivity (Wildman–Crippen MR) is 92.4 cm³/mol. The molecule has 1 atom stereocenters. The van der Waals surface area contributed by atoms with Crippen LogP contribution in [-0.2, 0) is 10.0 Å². The molecular formula is C16H14Cl2FNO2S. The fourth-order valence-corrected chi connectivity index (χ4v) is 3.53. The zero-order valence-corrected chi connectivity index (χ0v) is 14.5. The standard InChI is InChI=1S/C16H14Cl2FNO2S/c1-11(13-9-16(19)15(18)10-14(13)17)20-23(21,22)8-7-12-5-3-2-4-6-12/h2-11,20H,1H3/b8-7+/t11-/m1/s1. The quantitative estimate of drug-likeness (QED) is 0.766. The molecule has 0 saturated heterocycles. The van der Waals surface area contributed by atoms with Crippen molar-refractivity contribution < 1.29 is 12.8 Å². The van der Waals surface area contributed by atoms with Crippen molar-refractivity contribution in [3.05, 3.63) is 74.9 Å². The number of sulfonamides is 1. The topological polar surface area (TPSA) is 46.2 Å². The Balaban J connectivity index is 2.17. The molecule has 0 aliphatic rings. The molecule has 0 fully saturated rings. The first-order valence-electron chi connectivity index (χ1n) is 6.68. The highest BCUT2D eigenvalue weighted by molar-refractivity contribution is 7.92. The van der Waals surface area contributed by atoms with Gasteiger partial charge in [0.1, 0.15) is 5.82 Å². The highest BCUT2D eigenvalue weighted by Gasteiger charge is 2.17. The molecule has 0 bridgehead atoms. The van der Waals surface area contributed by atoms with Crippen molar-refractivity contribution in [2.45, 2.75) is 13.0 Å². The van der Waals surface area contributed by atoms with E-state index in [1.807, 2.05) is 6.07 Å². The Morgan fingerprint density at radius 2 is 1.78 bits per heavy atom. The summed E-state index contributed by atoms with van der Waals surface area (Å²) in [7, 11) is -3.71. The Bertz CT molecular complexity index is 823. The minimum atomic E-state index is -3.71. The van der Waals surface area contributed by atoms with Crippen LogP contribution in [0.2, 0.25) is 10.0 Å². The maximum atomic E-state index is 13.5. The molecule has 0 amide bonds. The highest BCUT2D eigenvalue weighted by atomic mass is 35.5. The molecule has 0 aliphatic heterocycles. The van der Waals surface area contributed by atoms with Gasteiger partial charge in [0.25, 0.3) is 0 Å². The van der Waals surface area contributed by atoms with E-state index in [0.29, 0.717) is 5.56 Å². The number of nitrogens with one attached hydrogen (secondary N) is 1. The molecule has 0 aromatic heterocycles. The van der Waals surface area contributed by atoms with E-state index in [-0.39, 0.29) is 10.0 Å². The predicted octanol–water partition coefficient (Wildman–Crippen LogP) is 4.78. The van der Waals surface area contributed by atoms with Gasteiger partial charge in [0.15, 0.2) is 0 Å². The summed E-state index contributed by atoms with van der Waals surface area (Å²) in [5.41, 5.74) is 1.06. The molecule has 122 valence electrons. The number of benzene rings is 2. The molecule has 0 unspecified atom stereocenters. The van der Waals surface area contributed by atoms with Gasteiger partial charge in [-0.2, -0.15) is 0 Å². The molecule has 0 heterocycles. The van der Waals surface area contributed by atoms with Crippen molar-refractivity contribution in [3.63, 3.8) is 0 Å². The van der Waals surface area contributed by atoms with Crippen LogP contribution < -0.4 is 4.72 Å². The zero-order chi connectivity index (χ0) is 17.0. The van der Waals surface area contributed by atoms with Crippen molar-refractivity contribution >= 4 is 39.3 Å². The first-order chi connectivity index (χ1) is 10.8. The first kappa shape index (κ1) is 17.9. The summed E-state index contributed by atoms with van der Waals surface area (Å²) in [4.78, 5) is 0. The average molecular weight is 374 g/mol. The second-order valence-electron chi connectivity index (χ2n) is 4.89. The van der Waals surface area contributed by atoms with E-state index < -0.39 is 21.9 Å². The summed E-state index contributed by atoms with van der Waals surface area (Å²) < 4.78 is 40.1. The van der Waals surface area contributed by atoms with Gasteiger partial charge in [-0.25, -0.2) is 17.5 Å². The molecule has 3 nitrogen and oxygen atoms in total. The number of rotatable bonds is 5. The van der Waals surface area contributed by atoms with Crippen LogP contribution in [-0.4, -0.2) is 8.42 Å². The van der Waals surface area contributed by atoms with E-state index in [2.05, 4.69) is 4.72 Å². The smallest absolute Gasteiger partial charge is 0.208 e. The fraction of sp³-hybridized carbons (Fsp3) is 0.125. The minimum absolute atomic E-state index is 0.113. The summed E-state index contributed by atoms with van der Waals surface area (Å²) in [5.74, 6) is -0.656. The SMILES string of the molecule is C[C@@H](NS(=O)(=O)/C=C/c1ccccc1)c1cc(F)c(Cl)cc1Cl. The van der Waals surface area contributed by atoms with Crippen molar-refractivity contribution in [2.75, 3.05) is 0 Å². The summed E-state index contributed by atoms with van der Waals surface area (Å²) >= 11 is 11.6. The highest BCUT2D eigenvalue weighted by Crippen LogP contribution is 2.29. The molecule has 0 radical (unpaired) electrons. The molecule has 0 spiro atoms. The van der Waals surface area contributed by atoms with Gasteiger partial charge in [0.2, 0.25) is 10.0 Å². The van der Waals surface area contributed by atoms with Gasteiger partial charge in [-0.05, 0) is 36.3 Å². The van der Waals surface area contributed by atoms with Crippen molar-refractivity contribution in [2.24, 2.45) is 0 Å². The lowest BCUT2D eigenvalue weighted by atomic mass is 10.1. The van der Waals surface area contributed by atoms with Gasteiger partial charge in [-0.15, -0.1) is 0 Å². The molecule has 1 N–H and O–H groups in total. The number of hydrogen-bond donors (Lipinski definition) is 1. The van der Waals surface area contributed by atoms with Crippen LogP contribution >= 0.6 is 23.2 Å². The average Bonchev–Trinajstić information content (AvgIpc) is 2.49. The number of hydrogen-bond acceptors (Lipinski definition) is 2. The van der Waals surface area contributed by atoms with E-state index in [1.165, 1.54) is 12.1 Å². The van der Waals surface area contributed by atoms with Crippen LogP contribution in [0.3, 0.4) is 0 Å². The van der Waals surface area contributed by atoms with E-state index in [1.54, 1.807) is 31.2 Å². The Morgan fingerprint density at radius 3 is 2.43 bits per heavy atom. The lowest BCUT2D eigenvalue weighted by molar-refractivity contribution is 0.573. The fourth-order valence-electron chi connectivity index (χ4n) is 1.95. The van der Waals surface area contributed by atoms with Crippen LogP contribution in [0.25, 0.3) is 6.08 Å². The molecule has 0 aliphatic carbocycles. The summed E-state index contributed by atoms with van der Waals surface area (Å²) in [6.07, 6.45) is 1.47. The molecule has 23 heavy (non-hydrogen) atoms. The van der Waals surface area contributed by atoms with Gasteiger partial charge in [-0.3, -0.25) is 0 Å². The van der Waals surface area contributed by atoms with Crippen molar-refractivity contribution in [3.8, 4) is 0 Å².